The van der Waals surface area contributed by atoms with Gasteiger partial charge in [-0.3, -0.25) is 4.79 Å². The number of benzene rings is 1. The summed E-state index contributed by atoms with van der Waals surface area (Å²) in [6, 6.07) is 6.42. The normalized spacial score (nSPS) is 13.5. The summed E-state index contributed by atoms with van der Waals surface area (Å²) in [4.78, 5) is 14.3. The van der Waals surface area contributed by atoms with Gasteiger partial charge >= 0.3 is 0 Å². The van der Waals surface area contributed by atoms with Crippen molar-refractivity contribution >= 4 is 34.0 Å². The fourth-order valence-electron chi connectivity index (χ4n) is 2.61. The maximum absolute atomic E-state index is 12.6. The minimum atomic E-state index is -3.56. The topological polar surface area (TPSA) is 106 Å². The van der Waals surface area contributed by atoms with Gasteiger partial charge in [0, 0.05) is 12.2 Å². The molecular formula is C15H18ClN3O4S. The summed E-state index contributed by atoms with van der Waals surface area (Å²) >= 11 is 0. The van der Waals surface area contributed by atoms with E-state index in [-0.39, 0.29) is 29.8 Å². The van der Waals surface area contributed by atoms with E-state index in [1.54, 1.807) is 23.1 Å². The van der Waals surface area contributed by atoms with Gasteiger partial charge in [-0.25, -0.2) is 13.1 Å². The van der Waals surface area contributed by atoms with E-state index < -0.39 is 10.0 Å². The van der Waals surface area contributed by atoms with E-state index in [0.717, 1.165) is 5.56 Å². The minimum Gasteiger partial charge on any atom is -0.467 e. The molecule has 1 aromatic carbocycles. The van der Waals surface area contributed by atoms with Gasteiger partial charge in [0.05, 0.1) is 17.0 Å². The van der Waals surface area contributed by atoms with Crippen LogP contribution in [0.5, 0.6) is 0 Å². The quantitative estimate of drug-likeness (QED) is 0.841. The average Bonchev–Trinajstić information content (AvgIpc) is 3.20. The molecule has 3 rings (SSSR count). The highest BCUT2D eigenvalue weighted by Gasteiger charge is 2.28. The molecule has 0 atom stereocenters. The maximum atomic E-state index is 12.6. The molecule has 7 nitrogen and oxygen atoms in total. The van der Waals surface area contributed by atoms with Crippen molar-refractivity contribution in [2.45, 2.75) is 17.9 Å². The van der Waals surface area contributed by atoms with Crippen LogP contribution in [0.3, 0.4) is 0 Å². The summed E-state index contributed by atoms with van der Waals surface area (Å²) in [5.74, 6) is 0.297. The number of carbonyl (C=O) groups excluding carboxylic acids is 1. The van der Waals surface area contributed by atoms with E-state index in [2.05, 4.69) is 4.72 Å². The Kier molecular flexibility index (Phi) is 5.34. The lowest BCUT2D eigenvalue weighted by molar-refractivity contribution is 0.0988. The molecule has 9 heteroatoms. The average molecular weight is 372 g/mol. The number of nitrogens with two attached hydrogens (primary N) is 1. The third-order valence-corrected chi connectivity index (χ3v) is 5.29. The summed E-state index contributed by atoms with van der Waals surface area (Å²) in [6.45, 7) is 0.717. The third kappa shape index (κ3) is 3.18. The highest BCUT2D eigenvalue weighted by molar-refractivity contribution is 7.89. The zero-order chi connectivity index (χ0) is 16.6. The molecule has 0 fully saturated rings. The van der Waals surface area contributed by atoms with Crippen molar-refractivity contribution in [1.82, 2.24) is 4.72 Å². The number of sulfonamides is 1. The molecule has 0 saturated heterocycles. The zero-order valence-corrected chi connectivity index (χ0v) is 14.6. The molecular weight excluding hydrogens is 354 g/mol. The predicted molar refractivity (Wildman–Crippen MR) is 91.9 cm³/mol. The lowest BCUT2D eigenvalue weighted by Gasteiger charge is -2.17. The van der Waals surface area contributed by atoms with Gasteiger partial charge in [-0.1, -0.05) is 6.07 Å². The Hall–Kier alpha value is -1.87. The van der Waals surface area contributed by atoms with Gasteiger partial charge in [-0.15, -0.1) is 12.4 Å². The number of anilines is 1. The predicted octanol–water partition coefficient (Wildman–Crippen LogP) is 1.27. The van der Waals surface area contributed by atoms with Crippen molar-refractivity contribution in [2.75, 3.05) is 18.5 Å². The van der Waals surface area contributed by atoms with E-state index >= 15 is 0 Å². The Balaban J connectivity index is 0.00000208. The second-order valence-electron chi connectivity index (χ2n) is 5.21. The number of fused-ring (bicyclic) bond motifs is 1. The number of amides is 1. The van der Waals surface area contributed by atoms with Gasteiger partial charge in [-0.05, 0) is 37.2 Å². The Morgan fingerprint density at radius 2 is 2.12 bits per heavy atom. The number of hydrogen-bond acceptors (Lipinski definition) is 5. The zero-order valence-electron chi connectivity index (χ0n) is 13.0. The highest BCUT2D eigenvalue weighted by atomic mass is 35.5. The first-order chi connectivity index (χ1) is 11.0. The SMILES string of the molecule is CNS(=O)(=O)c1ccc2c(c1)N(C(=O)c1coc(CN)c1)CC2.Cl. The number of halogens is 1. The molecule has 130 valence electrons. The number of nitrogens with one attached hydrogen (secondary N) is 1. The van der Waals surface area contributed by atoms with Crippen molar-refractivity contribution in [3.05, 3.63) is 47.4 Å². The molecule has 0 aliphatic carbocycles. The number of hydrogen-bond donors (Lipinski definition) is 2. The van der Waals surface area contributed by atoms with Crippen molar-refractivity contribution in [2.24, 2.45) is 5.73 Å². The molecule has 1 amide bonds. The molecule has 1 aliphatic heterocycles. The van der Waals surface area contributed by atoms with Crippen molar-refractivity contribution in [3.8, 4) is 0 Å². The number of furan rings is 1. The van der Waals surface area contributed by atoms with E-state index in [9.17, 15) is 13.2 Å². The fraction of sp³-hybridized carbons (Fsp3) is 0.267. The molecule has 0 radical (unpaired) electrons. The van der Waals surface area contributed by atoms with Gasteiger partial charge in [0.25, 0.3) is 5.91 Å². The van der Waals surface area contributed by atoms with Crippen LogP contribution in [0.4, 0.5) is 5.69 Å². The standard InChI is InChI=1S/C15H17N3O4S.ClH/c1-17-23(20,21)13-3-2-10-4-5-18(14(10)7-13)15(19)11-6-12(8-16)22-9-11;/h2-3,6-7,9,17H,4-5,8,16H2,1H3;1H. The number of nitrogens with zero attached hydrogens (tertiary/aromatic N) is 1. The molecule has 0 spiro atoms. The van der Waals surface area contributed by atoms with Gasteiger partial charge in [-0.2, -0.15) is 0 Å². The van der Waals surface area contributed by atoms with Crippen LogP contribution in [0.2, 0.25) is 0 Å². The van der Waals surface area contributed by atoms with Crippen molar-refractivity contribution < 1.29 is 17.6 Å². The van der Waals surface area contributed by atoms with E-state index in [1.807, 2.05) is 0 Å². The summed E-state index contributed by atoms with van der Waals surface area (Å²) in [5.41, 5.74) is 7.44. The second kappa shape index (κ2) is 6.94. The lowest BCUT2D eigenvalue weighted by Crippen LogP contribution is -2.28. The van der Waals surface area contributed by atoms with Gasteiger partial charge < -0.3 is 15.1 Å². The van der Waals surface area contributed by atoms with Crippen LogP contribution in [0.25, 0.3) is 0 Å². The van der Waals surface area contributed by atoms with Crippen LogP contribution in [0.15, 0.2) is 39.8 Å². The van der Waals surface area contributed by atoms with Crippen LogP contribution in [-0.4, -0.2) is 27.9 Å². The Morgan fingerprint density at radius 3 is 2.75 bits per heavy atom. The van der Waals surface area contributed by atoms with Crippen LogP contribution < -0.4 is 15.4 Å². The Bertz CT molecular complexity index is 863. The minimum absolute atomic E-state index is 0. The largest absolute Gasteiger partial charge is 0.467 e. The third-order valence-electron chi connectivity index (χ3n) is 3.88. The molecule has 2 aromatic rings. The van der Waals surface area contributed by atoms with Crippen molar-refractivity contribution in [1.29, 1.82) is 0 Å². The van der Waals surface area contributed by atoms with Crippen LogP contribution in [-0.2, 0) is 23.0 Å². The van der Waals surface area contributed by atoms with Gasteiger partial charge in [0.2, 0.25) is 10.0 Å². The highest BCUT2D eigenvalue weighted by Crippen LogP contribution is 2.31. The van der Waals surface area contributed by atoms with Gasteiger partial charge in [0.1, 0.15) is 12.0 Å². The molecule has 0 saturated carbocycles. The lowest BCUT2D eigenvalue weighted by atomic mass is 10.2. The summed E-state index contributed by atoms with van der Waals surface area (Å²) < 4.78 is 31.4. The molecule has 0 unspecified atom stereocenters. The first kappa shape index (κ1) is 18.5. The second-order valence-corrected chi connectivity index (χ2v) is 7.10. The number of rotatable bonds is 4. The van der Waals surface area contributed by atoms with Crippen LogP contribution in [0, 0.1) is 0 Å². The molecule has 1 aliphatic rings. The van der Waals surface area contributed by atoms with Gasteiger partial charge in [0.15, 0.2) is 0 Å². The smallest absolute Gasteiger partial charge is 0.261 e. The van der Waals surface area contributed by atoms with E-state index in [1.165, 1.54) is 19.4 Å². The number of carbonyl (C=O) groups is 1. The Morgan fingerprint density at radius 1 is 1.38 bits per heavy atom. The molecule has 1 aromatic heterocycles. The molecule has 24 heavy (non-hydrogen) atoms. The van der Waals surface area contributed by atoms with Crippen LogP contribution >= 0.6 is 12.4 Å². The van der Waals surface area contributed by atoms with Crippen LogP contribution in [0.1, 0.15) is 21.7 Å². The Labute approximate surface area is 146 Å². The van der Waals surface area contributed by atoms with E-state index in [4.69, 9.17) is 10.2 Å². The maximum Gasteiger partial charge on any atom is 0.261 e. The first-order valence-corrected chi connectivity index (χ1v) is 8.60. The summed E-state index contributed by atoms with van der Waals surface area (Å²) in [6.07, 6.45) is 2.05. The summed E-state index contributed by atoms with van der Waals surface area (Å²) in [7, 11) is -2.20. The monoisotopic (exact) mass is 371 g/mol. The first-order valence-electron chi connectivity index (χ1n) is 7.12. The summed E-state index contributed by atoms with van der Waals surface area (Å²) in [5, 5.41) is 0. The fourth-order valence-corrected chi connectivity index (χ4v) is 3.36. The van der Waals surface area contributed by atoms with Crippen molar-refractivity contribution in [3.63, 3.8) is 0 Å². The molecule has 2 heterocycles. The van der Waals surface area contributed by atoms with E-state index in [0.29, 0.717) is 30.0 Å². The molecule has 0 bridgehead atoms. The molecule has 3 N–H and O–H groups in total.